The average Bonchev–Trinajstić information content (AvgIpc) is 2.14. The second kappa shape index (κ2) is 5.52. The van der Waals surface area contributed by atoms with Crippen LogP contribution in [0.25, 0.3) is 6.08 Å². The summed E-state index contributed by atoms with van der Waals surface area (Å²) in [5.41, 5.74) is 3.83. The first-order chi connectivity index (χ1) is 5.93. The first kappa shape index (κ1) is 8.97. The summed E-state index contributed by atoms with van der Waals surface area (Å²) >= 11 is 0. The quantitative estimate of drug-likeness (QED) is 0.400. The lowest BCUT2D eigenvalue weighted by atomic mass is 10.2. The minimum atomic E-state index is 0.823. The van der Waals surface area contributed by atoms with Gasteiger partial charge in [0.15, 0.2) is 0 Å². The first-order valence-electron chi connectivity index (χ1n) is 4.08. The van der Waals surface area contributed by atoms with Gasteiger partial charge in [-0.2, -0.15) is 0 Å². The molecule has 0 aliphatic carbocycles. The van der Waals surface area contributed by atoms with Gasteiger partial charge in [0.25, 0.3) is 0 Å². The molecule has 1 rings (SSSR count). The van der Waals surface area contributed by atoms with E-state index in [4.69, 9.17) is 5.84 Å². The van der Waals surface area contributed by atoms with Gasteiger partial charge in [0.05, 0.1) is 0 Å². The van der Waals surface area contributed by atoms with Gasteiger partial charge in [0.1, 0.15) is 0 Å². The average molecular weight is 162 g/mol. The lowest BCUT2D eigenvalue weighted by Crippen LogP contribution is -2.22. The van der Waals surface area contributed by atoms with Gasteiger partial charge in [-0.15, -0.1) is 0 Å². The molecule has 0 saturated carbocycles. The van der Waals surface area contributed by atoms with Crippen LogP contribution in [0.15, 0.2) is 36.4 Å². The molecule has 0 radical (unpaired) electrons. The fourth-order valence-corrected chi connectivity index (χ4v) is 0.950. The van der Waals surface area contributed by atoms with Crippen molar-refractivity contribution in [3.8, 4) is 0 Å². The molecule has 0 atom stereocenters. The molecule has 0 aromatic heterocycles. The van der Waals surface area contributed by atoms with Crippen molar-refractivity contribution in [2.24, 2.45) is 5.84 Å². The third kappa shape index (κ3) is 3.32. The van der Waals surface area contributed by atoms with E-state index in [1.807, 2.05) is 18.2 Å². The molecule has 0 unspecified atom stereocenters. The molecule has 0 saturated heterocycles. The van der Waals surface area contributed by atoms with E-state index in [1.165, 1.54) is 5.56 Å². The standard InChI is InChI=1S/C10H14N2/c11-12-9-5-4-8-10-6-2-1-3-7-10/h1-4,6-8,12H,5,9,11H2. The lowest BCUT2D eigenvalue weighted by molar-refractivity contribution is 0.741. The Morgan fingerprint density at radius 2 is 2.00 bits per heavy atom. The van der Waals surface area contributed by atoms with Crippen molar-refractivity contribution in [2.45, 2.75) is 6.42 Å². The summed E-state index contributed by atoms with van der Waals surface area (Å²) in [5, 5.41) is 0. The number of nitrogens with one attached hydrogen (secondary N) is 1. The Morgan fingerprint density at radius 1 is 1.25 bits per heavy atom. The number of nitrogens with two attached hydrogens (primary N) is 1. The van der Waals surface area contributed by atoms with Gasteiger partial charge in [0.2, 0.25) is 0 Å². The summed E-state index contributed by atoms with van der Waals surface area (Å²) in [6.45, 7) is 0.823. The SMILES string of the molecule is NNCCC=Cc1ccccc1. The van der Waals surface area contributed by atoms with Crippen LogP contribution >= 0.6 is 0 Å². The minimum absolute atomic E-state index is 0.823. The molecule has 64 valence electrons. The summed E-state index contributed by atoms with van der Waals surface area (Å²) in [7, 11) is 0. The van der Waals surface area contributed by atoms with Gasteiger partial charge in [-0.05, 0) is 12.0 Å². The Bertz CT molecular complexity index is 229. The number of hydrogen-bond acceptors (Lipinski definition) is 2. The fraction of sp³-hybridized carbons (Fsp3) is 0.200. The predicted octanol–water partition coefficient (Wildman–Crippen LogP) is 1.55. The van der Waals surface area contributed by atoms with Gasteiger partial charge in [-0.1, -0.05) is 42.5 Å². The van der Waals surface area contributed by atoms with Crippen LogP contribution in [0.5, 0.6) is 0 Å². The Morgan fingerprint density at radius 3 is 2.67 bits per heavy atom. The molecular weight excluding hydrogens is 148 g/mol. The van der Waals surface area contributed by atoms with Crippen LogP contribution < -0.4 is 11.3 Å². The molecule has 2 nitrogen and oxygen atoms in total. The minimum Gasteiger partial charge on any atom is -0.271 e. The van der Waals surface area contributed by atoms with E-state index in [1.54, 1.807) is 0 Å². The van der Waals surface area contributed by atoms with E-state index < -0.39 is 0 Å². The second-order valence-electron chi connectivity index (χ2n) is 2.56. The predicted molar refractivity (Wildman–Crippen MR) is 52.3 cm³/mol. The molecule has 3 N–H and O–H groups in total. The van der Waals surface area contributed by atoms with E-state index in [9.17, 15) is 0 Å². The topological polar surface area (TPSA) is 38.0 Å². The first-order valence-corrected chi connectivity index (χ1v) is 4.08. The summed E-state index contributed by atoms with van der Waals surface area (Å²) < 4.78 is 0. The number of hydrogen-bond donors (Lipinski definition) is 2. The summed E-state index contributed by atoms with van der Waals surface area (Å²) in [5.74, 6) is 5.12. The van der Waals surface area contributed by atoms with Gasteiger partial charge < -0.3 is 0 Å². The fourth-order valence-electron chi connectivity index (χ4n) is 0.950. The molecule has 1 aromatic rings. The molecule has 12 heavy (non-hydrogen) atoms. The number of rotatable bonds is 4. The van der Waals surface area contributed by atoms with Crippen molar-refractivity contribution in [3.63, 3.8) is 0 Å². The van der Waals surface area contributed by atoms with Gasteiger partial charge >= 0.3 is 0 Å². The maximum atomic E-state index is 5.12. The lowest BCUT2D eigenvalue weighted by Gasteiger charge is -1.92. The van der Waals surface area contributed by atoms with E-state index >= 15 is 0 Å². The third-order valence-corrected chi connectivity index (χ3v) is 1.57. The van der Waals surface area contributed by atoms with Crippen molar-refractivity contribution in [1.82, 2.24) is 5.43 Å². The molecule has 0 aliphatic heterocycles. The molecule has 0 heterocycles. The largest absolute Gasteiger partial charge is 0.271 e. The van der Waals surface area contributed by atoms with Crippen molar-refractivity contribution >= 4 is 6.08 Å². The van der Waals surface area contributed by atoms with Crippen LogP contribution in [0.4, 0.5) is 0 Å². The van der Waals surface area contributed by atoms with Crippen molar-refractivity contribution < 1.29 is 0 Å². The van der Waals surface area contributed by atoms with Crippen LogP contribution in [0.1, 0.15) is 12.0 Å². The monoisotopic (exact) mass is 162 g/mol. The zero-order valence-electron chi connectivity index (χ0n) is 7.03. The maximum absolute atomic E-state index is 5.12. The van der Waals surface area contributed by atoms with E-state index in [-0.39, 0.29) is 0 Å². The summed E-state index contributed by atoms with van der Waals surface area (Å²) in [6.07, 6.45) is 5.16. The molecular formula is C10H14N2. The van der Waals surface area contributed by atoms with Gasteiger partial charge in [-0.3, -0.25) is 11.3 Å². The van der Waals surface area contributed by atoms with E-state index in [2.05, 4.69) is 29.7 Å². The van der Waals surface area contributed by atoms with Gasteiger partial charge in [-0.25, -0.2) is 0 Å². The molecule has 1 aromatic carbocycles. The van der Waals surface area contributed by atoms with E-state index in [0.29, 0.717) is 0 Å². The number of hydrazine groups is 1. The van der Waals surface area contributed by atoms with Crippen molar-refractivity contribution in [2.75, 3.05) is 6.54 Å². The van der Waals surface area contributed by atoms with Crippen LogP contribution in [-0.4, -0.2) is 6.54 Å². The molecule has 2 heteroatoms. The Balaban J connectivity index is 2.36. The zero-order chi connectivity index (χ0) is 8.65. The van der Waals surface area contributed by atoms with Crippen molar-refractivity contribution in [1.29, 1.82) is 0 Å². The molecule has 0 amide bonds. The van der Waals surface area contributed by atoms with Crippen molar-refractivity contribution in [3.05, 3.63) is 42.0 Å². The Labute approximate surface area is 73.1 Å². The molecule has 0 fully saturated rings. The molecule has 0 bridgehead atoms. The van der Waals surface area contributed by atoms with Crippen LogP contribution in [0, 0.1) is 0 Å². The maximum Gasteiger partial charge on any atom is 0.0132 e. The number of benzene rings is 1. The second-order valence-corrected chi connectivity index (χ2v) is 2.56. The molecule has 0 aliphatic rings. The highest BCUT2D eigenvalue weighted by Gasteiger charge is 1.81. The molecule has 0 spiro atoms. The Kier molecular flexibility index (Phi) is 4.13. The summed E-state index contributed by atoms with van der Waals surface area (Å²) in [4.78, 5) is 0. The smallest absolute Gasteiger partial charge is 0.0132 e. The van der Waals surface area contributed by atoms with Crippen LogP contribution in [-0.2, 0) is 0 Å². The highest BCUT2D eigenvalue weighted by Crippen LogP contribution is 2.00. The van der Waals surface area contributed by atoms with Crippen LogP contribution in [0.3, 0.4) is 0 Å². The van der Waals surface area contributed by atoms with E-state index in [0.717, 1.165) is 13.0 Å². The normalized spacial score (nSPS) is 10.8. The Hall–Kier alpha value is -1.12. The zero-order valence-corrected chi connectivity index (χ0v) is 7.03. The van der Waals surface area contributed by atoms with Crippen LogP contribution in [0.2, 0.25) is 0 Å². The highest BCUT2D eigenvalue weighted by molar-refractivity contribution is 5.48. The highest BCUT2D eigenvalue weighted by atomic mass is 15.2. The van der Waals surface area contributed by atoms with Gasteiger partial charge in [0, 0.05) is 6.54 Å². The third-order valence-electron chi connectivity index (χ3n) is 1.57. The summed E-state index contributed by atoms with van der Waals surface area (Å²) in [6, 6.07) is 10.2.